The third kappa shape index (κ3) is 5.29. The second-order valence-corrected chi connectivity index (χ2v) is 8.20. The van der Waals surface area contributed by atoms with Gasteiger partial charge in [-0.1, -0.05) is 18.5 Å². The number of hydrogen-bond acceptors (Lipinski definition) is 5. The predicted octanol–water partition coefficient (Wildman–Crippen LogP) is 6.53. The zero-order valence-corrected chi connectivity index (χ0v) is 19.3. The summed E-state index contributed by atoms with van der Waals surface area (Å²) in [6.07, 6.45) is 5.12. The van der Waals surface area contributed by atoms with Gasteiger partial charge in [0.25, 0.3) is 0 Å². The number of fused-ring (bicyclic) bond motifs is 1. The maximum absolute atomic E-state index is 6.11. The van der Waals surface area contributed by atoms with Crippen molar-refractivity contribution in [2.75, 3.05) is 18.5 Å². The van der Waals surface area contributed by atoms with Gasteiger partial charge in [-0.05, 0) is 58.7 Å². The lowest BCUT2D eigenvalue weighted by Gasteiger charge is -2.15. The number of halogens is 2. The van der Waals surface area contributed by atoms with E-state index in [1.165, 1.54) is 6.33 Å². The number of hydrogen-bond donors (Lipinski definition) is 2. The molecule has 0 saturated heterocycles. The predicted molar refractivity (Wildman–Crippen MR) is 128 cm³/mol. The first-order chi connectivity index (χ1) is 15.1. The van der Waals surface area contributed by atoms with Gasteiger partial charge in [0.05, 0.1) is 23.8 Å². The summed E-state index contributed by atoms with van der Waals surface area (Å²) < 4.78 is 12.8. The number of benzene rings is 2. The summed E-state index contributed by atoms with van der Waals surface area (Å²) in [4.78, 5) is 12.1. The molecule has 2 aromatic heterocycles. The van der Waals surface area contributed by atoms with Crippen molar-refractivity contribution in [1.82, 2.24) is 15.0 Å². The van der Waals surface area contributed by atoms with Crippen LogP contribution in [0.25, 0.3) is 10.9 Å². The number of rotatable bonds is 9. The van der Waals surface area contributed by atoms with Crippen molar-refractivity contribution >= 4 is 49.9 Å². The van der Waals surface area contributed by atoms with Gasteiger partial charge < -0.3 is 19.8 Å². The van der Waals surface area contributed by atoms with Gasteiger partial charge in [0.2, 0.25) is 0 Å². The molecule has 8 heteroatoms. The topological polar surface area (TPSA) is 72.1 Å². The molecule has 0 atom stereocenters. The smallest absolute Gasteiger partial charge is 0.163 e. The van der Waals surface area contributed by atoms with Crippen LogP contribution in [-0.2, 0) is 6.42 Å². The van der Waals surface area contributed by atoms with Crippen LogP contribution in [0.1, 0.15) is 19.0 Å². The van der Waals surface area contributed by atoms with Gasteiger partial charge in [0.1, 0.15) is 12.1 Å². The quantitative estimate of drug-likeness (QED) is 0.273. The van der Waals surface area contributed by atoms with Crippen molar-refractivity contribution in [3.05, 3.63) is 70.2 Å². The molecule has 0 fully saturated rings. The summed E-state index contributed by atoms with van der Waals surface area (Å²) in [6, 6.07) is 13.5. The van der Waals surface area contributed by atoms with Gasteiger partial charge in [-0.25, -0.2) is 9.97 Å². The molecule has 160 valence electrons. The number of nitrogens with one attached hydrogen (secondary N) is 2. The van der Waals surface area contributed by atoms with Gasteiger partial charge in [-0.3, -0.25) is 0 Å². The van der Waals surface area contributed by atoms with E-state index >= 15 is 0 Å². The molecule has 6 nitrogen and oxygen atoms in total. The summed E-state index contributed by atoms with van der Waals surface area (Å²) >= 11 is 9.57. The second kappa shape index (κ2) is 10.0. The number of H-pyrrole nitrogens is 1. The summed E-state index contributed by atoms with van der Waals surface area (Å²) in [5.74, 6) is 2.03. The Balaban J connectivity index is 1.64. The standard InChI is InChI=1S/C23H22BrClN4O2/c1-2-9-30-22-13-20-17(12-21(22)31-10-7-15-4-3-8-26-15)23(28-14-27-20)29-16-5-6-19(25)18(24)11-16/h3-6,8,11-14,26H,2,7,9-10H2,1H3,(H,27,28,29). The van der Waals surface area contributed by atoms with Gasteiger partial charge in [-0.2, -0.15) is 0 Å². The van der Waals surface area contributed by atoms with Crippen LogP contribution in [0.15, 0.2) is 59.5 Å². The lowest BCUT2D eigenvalue weighted by Crippen LogP contribution is -2.05. The largest absolute Gasteiger partial charge is 0.490 e. The molecule has 0 aliphatic rings. The molecule has 0 unspecified atom stereocenters. The molecular weight excluding hydrogens is 480 g/mol. The SMILES string of the molecule is CCCOc1cc2ncnc(Nc3ccc(Cl)c(Br)c3)c2cc1OCCc1ccc[nH]1. The number of ether oxygens (including phenoxy) is 2. The highest BCUT2D eigenvalue weighted by molar-refractivity contribution is 9.10. The molecule has 0 spiro atoms. The Bertz CT molecular complexity index is 1170. The molecule has 0 aliphatic heterocycles. The molecule has 4 rings (SSSR count). The fourth-order valence-corrected chi connectivity index (χ4v) is 3.60. The molecule has 2 aromatic carbocycles. The first-order valence-electron chi connectivity index (χ1n) is 10.0. The van der Waals surface area contributed by atoms with Crippen LogP contribution in [0.5, 0.6) is 11.5 Å². The summed E-state index contributed by atoms with van der Waals surface area (Å²) in [5, 5.41) is 4.83. The van der Waals surface area contributed by atoms with Crippen molar-refractivity contribution in [2.24, 2.45) is 0 Å². The number of aromatic amines is 1. The zero-order chi connectivity index (χ0) is 21.6. The van der Waals surface area contributed by atoms with E-state index in [0.29, 0.717) is 35.6 Å². The number of aromatic nitrogens is 3. The van der Waals surface area contributed by atoms with Crippen molar-refractivity contribution in [3.8, 4) is 11.5 Å². The molecule has 0 bridgehead atoms. The van der Waals surface area contributed by atoms with Crippen LogP contribution in [0.4, 0.5) is 11.5 Å². The monoisotopic (exact) mass is 500 g/mol. The van der Waals surface area contributed by atoms with E-state index in [-0.39, 0.29) is 0 Å². The van der Waals surface area contributed by atoms with Gasteiger partial charge >= 0.3 is 0 Å². The Labute approximate surface area is 194 Å². The zero-order valence-electron chi connectivity index (χ0n) is 17.0. The van der Waals surface area contributed by atoms with Crippen molar-refractivity contribution in [3.63, 3.8) is 0 Å². The van der Waals surface area contributed by atoms with Crippen LogP contribution >= 0.6 is 27.5 Å². The van der Waals surface area contributed by atoms with E-state index in [1.807, 2.05) is 48.7 Å². The fourth-order valence-electron chi connectivity index (χ4n) is 3.11. The summed E-state index contributed by atoms with van der Waals surface area (Å²) in [5.41, 5.74) is 2.75. The minimum atomic E-state index is 0.523. The lowest BCUT2D eigenvalue weighted by molar-refractivity contribution is 0.270. The summed E-state index contributed by atoms with van der Waals surface area (Å²) in [7, 11) is 0. The Morgan fingerprint density at radius 1 is 1.06 bits per heavy atom. The van der Waals surface area contributed by atoms with Crippen molar-refractivity contribution < 1.29 is 9.47 Å². The lowest BCUT2D eigenvalue weighted by atomic mass is 10.2. The normalized spacial score (nSPS) is 10.9. The molecule has 2 heterocycles. The van der Waals surface area contributed by atoms with Crippen LogP contribution in [0.3, 0.4) is 0 Å². The maximum Gasteiger partial charge on any atom is 0.163 e. The molecule has 0 radical (unpaired) electrons. The first kappa shape index (κ1) is 21.5. The highest BCUT2D eigenvalue weighted by Crippen LogP contribution is 2.36. The van der Waals surface area contributed by atoms with Gasteiger partial charge in [0, 0.05) is 39.9 Å². The van der Waals surface area contributed by atoms with E-state index in [1.54, 1.807) is 0 Å². The molecular formula is C23H22BrClN4O2. The Morgan fingerprint density at radius 2 is 1.90 bits per heavy atom. The number of nitrogens with zero attached hydrogens (tertiary/aromatic N) is 2. The third-order valence-electron chi connectivity index (χ3n) is 4.64. The molecule has 0 saturated carbocycles. The number of anilines is 2. The van der Waals surface area contributed by atoms with Crippen LogP contribution in [-0.4, -0.2) is 28.2 Å². The maximum atomic E-state index is 6.11. The highest BCUT2D eigenvalue weighted by Gasteiger charge is 2.13. The van der Waals surface area contributed by atoms with E-state index in [9.17, 15) is 0 Å². The minimum absolute atomic E-state index is 0.523. The van der Waals surface area contributed by atoms with E-state index in [4.69, 9.17) is 21.1 Å². The second-order valence-electron chi connectivity index (χ2n) is 6.93. The molecule has 31 heavy (non-hydrogen) atoms. The van der Waals surface area contributed by atoms with E-state index in [0.717, 1.165) is 39.6 Å². The Kier molecular flexibility index (Phi) is 6.94. The van der Waals surface area contributed by atoms with Crippen LogP contribution < -0.4 is 14.8 Å². The summed E-state index contributed by atoms with van der Waals surface area (Å²) in [6.45, 7) is 3.20. The molecule has 0 amide bonds. The Hall–Kier alpha value is -2.77. The third-order valence-corrected chi connectivity index (χ3v) is 5.85. The van der Waals surface area contributed by atoms with E-state index < -0.39 is 0 Å². The Morgan fingerprint density at radius 3 is 2.68 bits per heavy atom. The van der Waals surface area contributed by atoms with Gasteiger partial charge in [0.15, 0.2) is 11.5 Å². The average Bonchev–Trinajstić information content (AvgIpc) is 3.29. The molecule has 2 N–H and O–H groups in total. The van der Waals surface area contributed by atoms with Crippen LogP contribution in [0, 0.1) is 0 Å². The molecule has 0 aliphatic carbocycles. The minimum Gasteiger partial charge on any atom is -0.490 e. The molecule has 4 aromatic rings. The van der Waals surface area contributed by atoms with Gasteiger partial charge in [-0.15, -0.1) is 0 Å². The highest BCUT2D eigenvalue weighted by atomic mass is 79.9. The van der Waals surface area contributed by atoms with Crippen molar-refractivity contribution in [2.45, 2.75) is 19.8 Å². The first-order valence-corrected chi connectivity index (χ1v) is 11.2. The fraction of sp³-hybridized carbons (Fsp3) is 0.217. The van der Waals surface area contributed by atoms with Crippen LogP contribution in [0.2, 0.25) is 5.02 Å². The average molecular weight is 502 g/mol. The van der Waals surface area contributed by atoms with E-state index in [2.05, 4.69) is 43.1 Å². The van der Waals surface area contributed by atoms with Crippen molar-refractivity contribution in [1.29, 1.82) is 0 Å².